The summed E-state index contributed by atoms with van der Waals surface area (Å²) in [5.74, 6) is -1.53. The lowest BCUT2D eigenvalue weighted by Crippen LogP contribution is -2.38. The molecule has 1 aromatic rings. The zero-order chi connectivity index (χ0) is 17.3. The summed E-state index contributed by atoms with van der Waals surface area (Å²) in [6, 6.07) is 9.64. The molecule has 0 radical (unpaired) electrons. The number of carbonyl (C=O) groups excluding carboxylic acids is 2. The van der Waals surface area contributed by atoms with Crippen LogP contribution in [-0.2, 0) is 14.4 Å². The molecule has 0 bridgehead atoms. The van der Waals surface area contributed by atoms with Gasteiger partial charge in [-0.1, -0.05) is 30.3 Å². The second kappa shape index (κ2) is 6.26. The normalized spacial score (nSPS) is 23.0. The predicted octanol–water partition coefficient (Wildman–Crippen LogP) is 1.58. The first-order valence-electron chi connectivity index (χ1n) is 8.28. The van der Waals surface area contributed by atoms with E-state index in [4.69, 9.17) is 5.11 Å². The monoisotopic (exact) mass is 330 g/mol. The molecule has 1 heterocycles. The number of rotatable bonds is 6. The standard InChI is InChI=1S/C18H22N2O4/c1-12(13-5-3-2-4-6-13)20-10-14(9-15(20)21)16(22)19-11-18(7-8-18)17(23)24/h2-6,12,14H,7-11H2,1H3,(H,19,22)(H,23,24). The first kappa shape index (κ1) is 16.5. The van der Waals surface area contributed by atoms with Crippen molar-refractivity contribution in [1.82, 2.24) is 10.2 Å². The molecule has 1 aliphatic heterocycles. The molecule has 0 spiro atoms. The van der Waals surface area contributed by atoms with Gasteiger partial charge in [-0.25, -0.2) is 0 Å². The van der Waals surface area contributed by atoms with E-state index < -0.39 is 17.3 Å². The maximum atomic E-state index is 12.3. The Balaban J connectivity index is 1.58. The second-order valence-electron chi connectivity index (χ2n) is 6.84. The number of aliphatic carboxylic acids is 1. The summed E-state index contributed by atoms with van der Waals surface area (Å²) < 4.78 is 0. The third-order valence-corrected chi connectivity index (χ3v) is 5.19. The molecular weight excluding hydrogens is 308 g/mol. The fourth-order valence-corrected chi connectivity index (χ4v) is 3.21. The van der Waals surface area contributed by atoms with Crippen molar-refractivity contribution in [2.45, 2.75) is 32.2 Å². The van der Waals surface area contributed by atoms with Crippen LogP contribution in [0, 0.1) is 11.3 Å². The van der Waals surface area contributed by atoms with Crippen LogP contribution in [0.5, 0.6) is 0 Å². The highest BCUT2D eigenvalue weighted by atomic mass is 16.4. The summed E-state index contributed by atoms with van der Waals surface area (Å²) in [5.41, 5.74) is 0.254. The van der Waals surface area contributed by atoms with Gasteiger partial charge in [0, 0.05) is 19.5 Å². The number of carbonyl (C=O) groups is 3. The van der Waals surface area contributed by atoms with E-state index in [-0.39, 0.29) is 30.8 Å². The summed E-state index contributed by atoms with van der Waals surface area (Å²) in [7, 11) is 0. The molecule has 6 heteroatoms. The lowest BCUT2D eigenvalue weighted by molar-refractivity contribution is -0.143. The van der Waals surface area contributed by atoms with Gasteiger partial charge in [0.05, 0.1) is 17.4 Å². The Morgan fingerprint density at radius 1 is 1.33 bits per heavy atom. The predicted molar refractivity (Wildman–Crippen MR) is 87.0 cm³/mol. The van der Waals surface area contributed by atoms with Crippen molar-refractivity contribution in [2.75, 3.05) is 13.1 Å². The Morgan fingerprint density at radius 3 is 2.58 bits per heavy atom. The van der Waals surface area contributed by atoms with Gasteiger partial charge in [-0.3, -0.25) is 14.4 Å². The number of benzene rings is 1. The van der Waals surface area contributed by atoms with Crippen molar-refractivity contribution in [3.05, 3.63) is 35.9 Å². The molecular formula is C18H22N2O4. The first-order chi connectivity index (χ1) is 11.4. The molecule has 2 fully saturated rings. The van der Waals surface area contributed by atoms with Crippen LogP contribution in [0.3, 0.4) is 0 Å². The van der Waals surface area contributed by atoms with Crippen molar-refractivity contribution in [3.8, 4) is 0 Å². The summed E-state index contributed by atoms with van der Waals surface area (Å²) >= 11 is 0. The van der Waals surface area contributed by atoms with Gasteiger partial charge < -0.3 is 15.3 Å². The average molecular weight is 330 g/mol. The molecule has 1 saturated carbocycles. The van der Waals surface area contributed by atoms with Gasteiger partial charge in [-0.15, -0.1) is 0 Å². The number of carboxylic acids is 1. The summed E-state index contributed by atoms with van der Waals surface area (Å²) in [6.07, 6.45) is 1.38. The molecule has 2 aliphatic rings. The van der Waals surface area contributed by atoms with Crippen molar-refractivity contribution >= 4 is 17.8 Å². The van der Waals surface area contributed by atoms with E-state index in [2.05, 4.69) is 5.32 Å². The number of carboxylic acid groups (broad SMARTS) is 1. The highest BCUT2D eigenvalue weighted by Crippen LogP contribution is 2.45. The third-order valence-electron chi connectivity index (χ3n) is 5.19. The van der Waals surface area contributed by atoms with E-state index in [9.17, 15) is 14.4 Å². The average Bonchev–Trinajstić information content (AvgIpc) is 3.29. The molecule has 2 atom stereocenters. The summed E-state index contributed by atoms with van der Waals surface area (Å²) in [5, 5.41) is 11.9. The minimum absolute atomic E-state index is 0.0362. The highest BCUT2D eigenvalue weighted by Gasteiger charge is 2.50. The van der Waals surface area contributed by atoms with Gasteiger partial charge in [-0.2, -0.15) is 0 Å². The van der Waals surface area contributed by atoms with E-state index in [1.165, 1.54) is 0 Å². The van der Waals surface area contributed by atoms with Crippen LogP contribution in [0.25, 0.3) is 0 Å². The molecule has 2 unspecified atom stereocenters. The number of hydrogen-bond acceptors (Lipinski definition) is 3. The summed E-state index contributed by atoms with van der Waals surface area (Å²) in [6.45, 7) is 2.48. The van der Waals surface area contributed by atoms with E-state index in [1.54, 1.807) is 4.90 Å². The fourth-order valence-electron chi connectivity index (χ4n) is 3.21. The Bertz CT molecular complexity index is 654. The van der Waals surface area contributed by atoms with Gasteiger partial charge in [0.2, 0.25) is 11.8 Å². The Morgan fingerprint density at radius 2 is 2.00 bits per heavy atom. The highest BCUT2D eigenvalue weighted by molar-refractivity contribution is 5.90. The van der Waals surface area contributed by atoms with E-state index in [0.717, 1.165) is 5.56 Å². The number of amides is 2. The number of hydrogen-bond donors (Lipinski definition) is 2. The molecule has 6 nitrogen and oxygen atoms in total. The minimum atomic E-state index is -0.857. The molecule has 2 N–H and O–H groups in total. The molecule has 24 heavy (non-hydrogen) atoms. The van der Waals surface area contributed by atoms with E-state index in [1.807, 2.05) is 37.3 Å². The smallest absolute Gasteiger partial charge is 0.311 e. The molecule has 1 saturated heterocycles. The second-order valence-corrected chi connectivity index (χ2v) is 6.84. The topological polar surface area (TPSA) is 86.7 Å². The Kier molecular flexibility index (Phi) is 4.30. The lowest BCUT2D eigenvalue weighted by atomic mass is 10.1. The van der Waals surface area contributed by atoms with Crippen LogP contribution < -0.4 is 5.32 Å². The number of likely N-dealkylation sites (tertiary alicyclic amines) is 1. The largest absolute Gasteiger partial charge is 0.481 e. The van der Waals surface area contributed by atoms with Gasteiger partial charge in [-0.05, 0) is 25.3 Å². The van der Waals surface area contributed by atoms with Crippen LogP contribution in [0.15, 0.2) is 30.3 Å². The van der Waals surface area contributed by atoms with Crippen LogP contribution in [0.1, 0.15) is 37.8 Å². The zero-order valence-electron chi connectivity index (χ0n) is 13.7. The quantitative estimate of drug-likeness (QED) is 0.829. The lowest BCUT2D eigenvalue weighted by Gasteiger charge is -2.25. The summed E-state index contributed by atoms with van der Waals surface area (Å²) in [4.78, 5) is 37.5. The minimum Gasteiger partial charge on any atom is -0.481 e. The van der Waals surface area contributed by atoms with Crippen molar-refractivity contribution in [2.24, 2.45) is 11.3 Å². The maximum Gasteiger partial charge on any atom is 0.311 e. The molecule has 0 aromatic heterocycles. The number of nitrogens with one attached hydrogen (secondary N) is 1. The van der Waals surface area contributed by atoms with Crippen LogP contribution in [0.4, 0.5) is 0 Å². The van der Waals surface area contributed by atoms with Gasteiger partial charge in [0.1, 0.15) is 0 Å². The molecule has 2 amide bonds. The van der Waals surface area contributed by atoms with Crippen molar-refractivity contribution in [1.29, 1.82) is 0 Å². The van der Waals surface area contributed by atoms with Crippen LogP contribution in [0.2, 0.25) is 0 Å². The van der Waals surface area contributed by atoms with Crippen LogP contribution >= 0.6 is 0 Å². The molecule has 1 aliphatic carbocycles. The third kappa shape index (κ3) is 3.13. The van der Waals surface area contributed by atoms with E-state index in [0.29, 0.717) is 19.4 Å². The van der Waals surface area contributed by atoms with Crippen molar-refractivity contribution in [3.63, 3.8) is 0 Å². The molecule has 128 valence electrons. The number of nitrogens with zero attached hydrogens (tertiary/aromatic N) is 1. The fraction of sp³-hybridized carbons (Fsp3) is 0.500. The SMILES string of the molecule is CC(c1ccccc1)N1CC(C(=O)NCC2(C(=O)O)CC2)CC1=O. The van der Waals surface area contributed by atoms with Gasteiger partial charge in [0.25, 0.3) is 0 Å². The van der Waals surface area contributed by atoms with E-state index >= 15 is 0 Å². The van der Waals surface area contributed by atoms with Gasteiger partial charge >= 0.3 is 5.97 Å². The Labute approximate surface area is 140 Å². The Hall–Kier alpha value is -2.37. The maximum absolute atomic E-state index is 12.3. The first-order valence-corrected chi connectivity index (χ1v) is 8.28. The van der Waals surface area contributed by atoms with Crippen LogP contribution in [-0.4, -0.2) is 40.9 Å². The van der Waals surface area contributed by atoms with Gasteiger partial charge in [0.15, 0.2) is 0 Å². The molecule has 1 aromatic carbocycles. The zero-order valence-corrected chi connectivity index (χ0v) is 13.7. The van der Waals surface area contributed by atoms with Crippen molar-refractivity contribution < 1.29 is 19.5 Å². The molecule has 3 rings (SSSR count).